The van der Waals surface area contributed by atoms with Crippen molar-refractivity contribution in [3.8, 4) is 0 Å². The van der Waals surface area contributed by atoms with Gasteiger partial charge in [-0.3, -0.25) is 4.79 Å². The fourth-order valence-corrected chi connectivity index (χ4v) is 2.55. The summed E-state index contributed by atoms with van der Waals surface area (Å²) >= 11 is 0. The Labute approximate surface area is 133 Å². The number of quaternary nitrogens is 1. The van der Waals surface area contributed by atoms with Gasteiger partial charge in [0.15, 0.2) is 0 Å². The molecule has 0 saturated heterocycles. The van der Waals surface area contributed by atoms with Crippen LogP contribution < -0.4 is 10.6 Å². The second-order valence-electron chi connectivity index (χ2n) is 5.40. The molecule has 4 N–H and O–H groups in total. The number of hydrogen-bond donors (Lipinski definition) is 3. The second kappa shape index (κ2) is 7.07. The largest absolute Gasteiger partial charge is 0.361 e. The number of halogens is 1. The van der Waals surface area contributed by atoms with Crippen molar-refractivity contribution in [2.45, 2.75) is 6.54 Å². The van der Waals surface area contributed by atoms with E-state index in [0.717, 1.165) is 18.6 Å². The Balaban J connectivity index is 1.43. The Bertz CT molecular complexity index is 795. The number of fused-ring (bicyclic) bond motifs is 1. The third-order valence-corrected chi connectivity index (χ3v) is 3.78. The maximum atomic E-state index is 12.8. The lowest BCUT2D eigenvalue weighted by Crippen LogP contribution is -2.84. The zero-order valence-electron chi connectivity index (χ0n) is 12.7. The summed E-state index contributed by atoms with van der Waals surface area (Å²) in [5, 5.41) is 6.22. The molecule has 0 bridgehead atoms. The highest BCUT2D eigenvalue weighted by molar-refractivity contribution is 5.94. The maximum Gasteiger partial charge on any atom is 0.251 e. The van der Waals surface area contributed by atoms with Crippen LogP contribution in [0.4, 0.5) is 4.39 Å². The number of para-hydroxylation sites is 1. The van der Waals surface area contributed by atoms with Crippen LogP contribution >= 0.6 is 0 Å². The lowest BCUT2D eigenvalue weighted by atomic mass is 10.2. The van der Waals surface area contributed by atoms with Gasteiger partial charge < -0.3 is 15.6 Å². The number of amides is 1. The molecule has 1 heterocycles. The Kier molecular flexibility index (Phi) is 4.68. The normalized spacial score (nSPS) is 10.8. The molecule has 1 amide bonds. The van der Waals surface area contributed by atoms with Crippen LogP contribution in [0.5, 0.6) is 0 Å². The van der Waals surface area contributed by atoms with Crippen molar-refractivity contribution in [2.24, 2.45) is 0 Å². The molecular formula is C18H19FN3O+. The van der Waals surface area contributed by atoms with Gasteiger partial charge in [0, 0.05) is 28.2 Å². The number of aromatic amines is 1. The van der Waals surface area contributed by atoms with Crippen LogP contribution in [0.1, 0.15) is 15.9 Å². The van der Waals surface area contributed by atoms with E-state index in [-0.39, 0.29) is 11.7 Å². The van der Waals surface area contributed by atoms with Crippen molar-refractivity contribution in [3.05, 3.63) is 71.7 Å². The molecule has 1 aromatic heterocycles. The molecule has 0 unspecified atom stereocenters. The summed E-state index contributed by atoms with van der Waals surface area (Å²) in [6.45, 7) is 2.21. The van der Waals surface area contributed by atoms with Crippen molar-refractivity contribution in [1.82, 2.24) is 10.3 Å². The van der Waals surface area contributed by atoms with Gasteiger partial charge in [0.2, 0.25) is 0 Å². The van der Waals surface area contributed by atoms with Crippen LogP contribution in [0.25, 0.3) is 10.9 Å². The lowest BCUT2D eigenvalue weighted by molar-refractivity contribution is -0.668. The van der Waals surface area contributed by atoms with Crippen LogP contribution in [0.2, 0.25) is 0 Å². The number of H-pyrrole nitrogens is 1. The Morgan fingerprint density at radius 3 is 2.74 bits per heavy atom. The van der Waals surface area contributed by atoms with E-state index in [1.54, 1.807) is 0 Å². The van der Waals surface area contributed by atoms with Gasteiger partial charge >= 0.3 is 0 Å². The van der Waals surface area contributed by atoms with Crippen molar-refractivity contribution < 1.29 is 14.5 Å². The SMILES string of the molecule is O=C(NCC[NH2+]Cc1c[nH]c2ccccc12)c1ccc(F)cc1. The van der Waals surface area contributed by atoms with E-state index in [1.165, 1.54) is 35.2 Å². The van der Waals surface area contributed by atoms with E-state index >= 15 is 0 Å². The summed E-state index contributed by atoms with van der Waals surface area (Å²) in [5.41, 5.74) is 2.87. The molecule has 0 aliphatic carbocycles. The van der Waals surface area contributed by atoms with Crippen molar-refractivity contribution in [3.63, 3.8) is 0 Å². The topological polar surface area (TPSA) is 61.5 Å². The molecule has 0 spiro atoms. The standard InChI is InChI=1S/C18H18FN3O/c19-15-7-5-13(6-8-15)18(23)21-10-9-20-11-14-12-22-17-4-2-1-3-16(14)17/h1-8,12,20,22H,9-11H2,(H,21,23)/p+1. The average Bonchev–Trinajstić information content (AvgIpc) is 2.98. The number of hydrogen-bond acceptors (Lipinski definition) is 1. The van der Waals surface area contributed by atoms with Crippen LogP contribution in [-0.2, 0) is 6.54 Å². The van der Waals surface area contributed by atoms with Gasteiger partial charge in [-0.05, 0) is 30.3 Å². The first-order chi connectivity index (χ1) is 11.2. The summed E-state index contributed by atoms with van der Waals surface area (Å²) in [7, 11) is 0. The first-order valence-corrected chi connectivity index (χ1v) is 7.64. The quantitative estimate of drug-likeness (QED) is 0.597. The zero-order valence-corrected chi connectivity index (χ0v) is 12.7. The maximum absolute atomic E-state index is 12.8. The molecule has 23 heavy (non-hydrogen) atoms. The average molecular weight is 312 g/mol. The molecule has 0 atom stereocenters. The molecule has 0 fully saturated rings. The van der Waals surface area contributed by atoms with Gasteiger partial charge in [0.25, 0.3) is 5.91 Å². The third kappa shape index (κ3) is 3.76. The highest BCUT2D eigenvalue weighted by atomic mass is 19.1. The van der Waals surface area contributed by atoms with Gasteiger partial charge in [0.05, 0.1) is 13.1 Å². The van der Waals surface area contributed by atoms with Crippen molar-refractivity contribution in [1.29, 1.82) is 0 Å². The molecule has 3 aromatic rings. The molecule has 0 saturated carbocycles. The molecule has 0 aliphatic rings. The Hall–Kier alpha value is -2.66. The van der Waals surface area contributed by atoms with E-state index in [2.05, 4.69) is 27.8 Å². The smallest absolute Gasteiger partial charge is 0.251 e. The number of nitrogens with one attached hydrogen (secondary N) is 2. The fraction of sp³-hybridized carbons (Fsp3) is 0.167. The van der Waals surface area contributed by atoms with E-state index < -0.39 is 0 Å². The number of carbonyl (C=O) groups is 1. The minimum absolute atomic E-state index is 0.175. The monoisotopic (exact) mass is 312 g/mol. The predicted molar refractivity (Wildman–Crippen MR) is 87.5 cm³/mol. The highest BCUT2D eigenvalue weighted by Gasteiger charge is 2.06. The van der Waals surface area contributed by atoms with Crippen LogP contribution in [0.3, 0.4) is 0 Å². The molecular weight excluding hydrogens is 293 g/mol. The van der Waals surface area contributed by atoms with Gasteiger partial charge in [-0.15, -0.1) is 0 Å². The molecule has 0 aliphatic heterocycles. The first kappa shape index (κ1) is 15.2. The molecule has 5 heteroatoms. The summed E-state index contributed by atoms with van der Waals surface area (Å²) in [4.78, 5) is 15.1. The first-order valence-electron chi connectivity index (χ1n) is 7.64. The van der Waals surface area contributed by atoms with E-state index in [9.17, 15) is 9.18 Å². The number of benzene rings is 2. The minimum Gasteiger partial charge on any atom is -0.361 e. The molecule has 0 radical (unpaired) electrons. The molecule has 4 nitrogen and oxygen atoms in total. The van der Waals surface area contributed by atoms with Gasteiger partial charge in [-0.25, -0.2) is 4.39 Å². The van der Waals surface area contributed by atoms with Gasteiger partial charge in [-0.2, -0.15) is 0 Å². The number of nitrogens with two attached hydrogens (primary N) is 1. The molecule has 118 valence electrons. The summed E-state index contributed by atoms with van der Waals surface area (Å²) in [5.74, 6) is -0.515. The third-order valence-electron chi connectivity index (χ3n) is 3.78. The van der Waals surface area contributed by atoms with Crippen LogP contribution in [0.15, 0.2) is 54.7 Å². The lowest BCUT2D eigenvalue weighted by Gasteiger charge is -2.05. The number of rotatable bonds is 6. The van der Waals surface area contributed by atoms with Crippen molar-refractivity contribution >= 4 is 16.8 Å². The summed E-state index contributed by atoms with van der Waals surface area (Å²) in [6.07, 6.45) is 2.03. The number of carbonyl (C=O) groups excluding carboxylic acids is 1. The van der Waals surface area contributed by atoms with Crippen LogP contribution in [-0.4, -0.2) is 24.0 Å². The second-order valence-corrected chi connectivity index (χ2v) is 5.40. The molecule has 2 aromatic carbocycles. The van der Waals surface area contributed by atoms with E-state index in [0.29, 0.717) is 12.1 Å². The highest BCUT2D eigenvalue weighted by Crippen LogP contribution is 2.16. The van der Waals surface area contributed by atoms with Gasteiger partial charge in [-0.1, -0.05) is 18.2 Å². The summed E-state index contributed by atoms with van der Waals surface area (Å²) < 4.78 is 12.8. The fourth-order valence-electron chi connectivity index (χ4n) is 2.55. The Morgan fingerprint density at radius 1 is 1.13 bits per heavy atom. The zero-order chi connectivity index (χ0) is 16.1. The predicted octanol–water partition coefficient (Wildman–Crippen LogP) is 1.80. The van der Waals surface area contributed by atoms with E-state index in [1.807, 2.05) is 18.3 Å². The Morgan fingerprint density at radius 2 is 1.91 bits per heavy atom. The van der Waals surface area contributed by atoms with Crippen molar-refractivity contribution in [2.75, 3.05) is 13.1 Å². The van der Waals surface area contributed by atoms with Crippen LogP contribution in [0, 0.1) is 5.82 Å². The van der Waals surface area contributed by atoms with E-state index in [4.69, 9.17) is 0 Å². The number of aromatic nitrogens is 1. The van der Waals surface area contributed by atoms with Gasteiger partial charge in [0.1, 0.15) is 12.4 Å². The molecule has 3 rings (SSSR count). The minimum atomic E-state index is -0.339. The summed E-state index contributed by atoms with van der Waals surface area (Å²) in [6, 6.07) is 13.8.